The van der Waals surface area contributed by atoms with Gasteiger partial charge in [-0.1, -0.05) is 32.9 Å². The van der Waals surface area contributed by atoms with Crippen LogP contribution in [0.2, 0.25) is 0 Å². The van der Waals surface area contributed by atoms with Gasteiger partial charge in [0.15, 0.2) is 5.96 Å². The van der Waals surface area contributed by atoms with E-state index in [4.69, 9.17) is 9.41 Å². The number of rotatable bonds is 7. The Hall–Kier alpha value is -2.54. The Morgan fingerprint density at radius 1 is 1.19 bits per heavy atom. The minimum absolute atomic E-state index is 0.0509. The van der Waals surface area contributed by atoms with Crippen LogP contribution in [0.25, 0.3) is 0 Å². The molecule has 2 heterocycles. The fourth-order valence-electron chi connectivity index (χ4n) is 3.60. The Balaban J connectivity index is 1.54. The van der Waals surface area contributed by atoms with Crippen molar-refractivity contribution in [3.05, 3.63) is 47.7 Å². The van der Waals surface area contributed by atoms with Gasteiger partial charge in [-0.2, -0.15) is 0 Å². The standard InChI is InChI=1S/C24H37N5O2/c1-5-25-23(28-16-22-26-15-21(31-22)24(2,3)4)27-14-18-6-8-20(9-7-18)29-12-10-19(17-30)11-13-29/h6-9,15,19,30H,5,10-14,16-17H2,1-4H3,(H2,25,27,28). The fraction of sp³-hybridized carbons (Fsp3) is 0.583. The highest BCUT2D eigenvalue weighted by molar-refractivity contribution is 5.79. The van der Waals surface area contributed by atoms with Gasteiger partial charge < -0.3 is 25.1 Å². The van der Waals surface area contributed by atoms with Gasteiger partial charge in [0.2, 0.25) is 5.89 Å². The number of aliphatic hydroxyl groups is 1. The molecular weight excluding hydrogens is 390 g/mol. The number of piperidine rings is 1. The van der Waals surface area contributed by atoms with E-state index in [0.717, 1.165) is 49.8 Å². The highest BCUT2D eigenvalue weighted by Crippen LogP contribution is 2.24. The maximum absolute atomic E-state index is 9.31. The molecule has 1 fully saturated rings. The summed E-state index contributed by atoms with van der Waals surface area (Å²) in [6.07, 6.45) is 3.92. The average Bonchev–Trinajstić information content (AvgIpc) is 3.26. The molecule has 0 radical (unpaired) electrons. The third-order valence-electron chi connectivity index (χ3n) is 5.64. The number of oxazole rings is 1. The number of hydrogen-bond donors (Lipinski definition) is 3. The molecule has 0 unspecified atom stereocenters. The molecule has 1 aromatic carbocycles. The van der Waals surface area contributed by atoms with Crippen molar-refractivity contribution in [2.75, 3.05) is 31.1 Å². The lowest BCUT2D eigenvalue weighted by atomic mass is 9.94. The SMILES string of the molecule is CCNC(=NCc1ccc(N2CCC(CO)CC2)cc1)NCc1ncc(C(C)(C)C)o1. The summed E-state index contributed by atoms with van der Waals surface area (Å²) in [5.74, 6) is 2.74. The van der Waals surface area contributed by atoms with Gasteiger partial charge in [0.05, 0.1) is 19.3 Å². The van der Waals surface area contributed by atoms with Crippen molar-refractivity contribution in [2.24, 2.45) is 10.9 Å². The predicted molar refractivity (Wildman–Crippen MR) is 125 cm³/mol. The van der Waals surface area contributed by atoms with Crippen LogP contribution < -0.4 is 15.5 Å². The molecular formula is C24H37N5O2. The first-order chi connectivity index (χ1) is 14.9. The van der Waals surface area contributed by atoms with E-state index in [9.17, 15) is 5.11 Å². The van der Waals surface area contributed by atoms with Crippen LogP contribution in [-0.2, 0) is 18.5 Å². The molecule has 1 saturated heterocycles. The molecule has 0 atom stereocenters. The second kappa shape index (κ2) is 10.7. The van der Waals surface area contributed by atoms with Gasteiger partial charge in [0.1, 0.15) is 5.76 Å². The van der Waals surface area contributed by atoms with Crippen LogP contribution >= 0.6 is 0 Å². The average molecular weight is 428 g/mol. The van der Waals surface area contributed by atoms with E-state index in [0.29, 0.717) is 31.5 Å². The van der Waals surface area contributed by atoms with Gasteiger partial charge in [0.25, 0.3) is 0 Å². The smallest absolute Gasteiger partial charge is 0.213 e. The van der Waals surface area contributed by atoms with Crippen LogP contribution in [-0.4, -0.2) is 42.3 Å². The molecule has 1 aliphatic heterocycles. The Kier molecular flexibility index (Phi) is 7.96. The third-order valence-corrected chi connectivity index (χ3v) is 5.64. The number of benzene rings is 1. The molecule has 170 valence electrons. The number of hydrogen-bond acceptors (Lipinski definition) is 5. The zero-order chi connectivity index (χ0) is 22.3. The lowest BCUT2D eigenvalue weighted by Gasteiger charge is -2.32. The summed E-state index contributed by atoms with van der Waals surface area (Å²) in [6.45, 7) is 12.6. The topological polar surface area (TPSA) is 85.9 Å². The quantitative estimate of drug-likeness (QED) is 0.464. The van der Waals surface area contributed by atoms with E-state index in [1.807, 2.05) is 0 Å². The maximum atomic E-state index is 9.31. The minimum Gasteiger partial charge on any atom is -0.443 e. The Labute approximate surface area is 186 Å². The number of nitrogens with one attached hydrogen (secondary N) is 2. The molecule has 0 amide bonds. The molecule has 1 aliphatic rings. The lowest BCUT2D eigenvalue weighted by molar-refractivity contribution is 0.203. The molecule has 7 nitrogen and oxygen atoms in total. The molecule has 0 saturated carbocycles. The summed E-state index contributed by atoms with van der Waals surface area (Å²) in [5.41, 5.74) is 2.36. The monoisotopic (exact) mass is 427 g/mol. The molecule has 0 spiro atoms. The van der Waals surface area contributed by atoms with Crippen molar-refractivity contribution >= 4 is 11.6 Å². The van der Waals surface area contributed by atoms with E-state index in [-0.39, 0.29) is 5.41 Å². The Bertz CT molecular complexity index is 830. The van der Waals surface area contributed by atoms with Crippen molar-refractivity contribution in [2.45, 2.75) is 59.0 Å². The molecule has 1 aromatic heterocycles. The molecule has 3 rings (SSSR count). The molecule has 0 aliphatic carbocycles. The molecule has 31 heavy (non-hydrogen) atoms. The van der Waals surface area contributed by atoms with E-state index in [1.54, 1.807) is 6.20 Å². The minimum atomic E-state index is -0.0509. The number of guanidine groups is 1. The maximum Gasteiger partial charge on any atom is 0.213 e. The number of anilines is 1. The summed E-state index contributed by atoms with van der Waals surface area (Å²) >= 11 is 0. The number of aliphatic hydroxyl groups excluding tert-OH is 1. The number of aromatic nitrogens is 1. The summed E-state index contributed by atoms with van der Waals surface area (Å²) in [4.78, 5) is 11.5. The van der Waals surface area contributed by atoms with Gasteiger partial charge >= 0.3 is 0 Å². The van der Waals surface area contributed by atoms with Crippen LogP contribution in [0.4, 0.5) is 5.69 Å². The summed E-state index contributed by atoms with van der Waals surface area (Å²) < 4.78 is 5.85. The van der Waals surface area contributed by atoms with Crippen molar-refractivity contribution in [3.8, 4) is 0 Å². The third kappa shape index (κ3) is 6.72. The van der Waals surface area contributed by atoms with E-state index in [2.05, 4.69) is 72.5 Å². The van der Waals surface area contributed by atoms with Crippen LogP contribution in [0.15, 0.2) is 39.9 Å². The highest BCUT2D eigenvalue weighted by atomic mass is 16.4. The second-order valence-corrected chi connectivity index (χ2v) is 9.20. The first-order valence-electron chi connectivity index (χ1n) is 11.3. The summed E-state index contributed by atoms with van der Waals surface area (Å²) in [7, 11) is 0. The first-order valence-corrected chi connectivity index (χ1v) is 11.3. The van der Waals surface area contributed by atoms with Gasteiger partial charge in [0, 0.05) is 37.3 Å². The van der Waals surface area contributed by atoms with Gasteiger partial charge in [-0.25, -0.2) is 9.98 Å². The van der Waals surface area contributed by atoms with Crippen LogP contribution in [0.3, 0.4) is 0 Å². The van der Waals surface area contributed by atoms with Crippen molar-refractivity contribution in [1.82, 2.24) is 15.6 Å². The van der Waals surface area contributed by atoms with Crippen molar-refractivity contribution in [3.63, 3.8) is 0 Å². The summed E-state index contributed by atoms with van der Waals surface area (Å²) in [5, 5.41) is 15.9. The van der Waals surface area contributed by atoms with Gasteiger partial charge in [-0.15, -0.1) is 0 Å². The van der Waals surface area contributed by atoms with Crippen LogP contribution in [0.1, 0.15) is 57.8 Å². The van der Waals surface area contributed by atoms with E-state index in [1.165, 1.54) is 5.69 Å². The predicted octanol–water partition coefficient (Wildman–Crippen LogP) is 3.44. The van der Waals surface area contributed by atoms with Gasteiger partial charge in [-0.3, -0.25) is 0 Å². The summed E-state index contributed by atoms with van der Waals surface area (Å²) in [6, 6.07) is 8.63. The van der Waals surface area contributed by atoms with E-state index < -0.39 is 0 Å². The van der Waals surface area contributed by atoms with Gasteiger partial charge in [-0.05, 0) is 43.4 Å². The zero-order valence-corrected chi connectivity index (χ0v) is 19.3. The van der Waals surface area contributed by atoms with Crippen molar-refractivity contribution in [1.29, 1.82) is 0 Å². The molecule has 7 heteroatoms. The number of nitrogens with zero attached hydrogens (tertiary/aromatic N) is 3. The molecule has 3 N–H and O–H groups in total. The zero-order valence-electron chi connectivity index (χ0n) is 19.3. The molecule has 0 bridgehead atoms. The second-order valence-electron chi connectivity index (χ2n) is 9.20. The van der Waals surface area contributed by atoms with Crippen LogP contribution in [0.5, 0.6) is 0 Å². The largest absolute Gasteiger partial charge is 0.443 e. The fourth-order valence-corrected chi connectivity index (χ4v) is 3.60. The van der Waals surface area contributed by atoms with Crippen LogP contribution in [0, 0.1) is 5.92 Å². The highest BCUT2D eigenvalue weighted by Gasteiger charge is 2.20. The van der Waals surface area contributed by atoms with E-state index >= 15 is 0 Å². The Morgan fingerprint density at radius 2 is 1.90 bits per heavy atom. The lowest BCUT2D eigenvalue weighted by Crippen LogP contribution is -2.36. The van der Waals surface area contributed by atoms with Crippen molar-refractivity contribution < 1.29 is 9.52 Å². The Morgan fingerprint density at radius 3 is 2.48 bits per heavy atom. The first kappa shape index (κ1) is 23.1. The normalized spacial score (nSPS) is 15.9. The number of aliphatic imine (C=N–C) groups is 1. The molecule has 2 aromatic rings.